The summed E-state index contributed by atoms with van der Waals surface area (Å²) < 4.78 is 0. The molecule has 3 atom stereocenters. The Balaban J connectivity index is 1.65. The van der Waals surface area contributed by atoms with Crippen molar-refractivity contribution in [2.45, 2.75) is 77.6 Å². The molecule has 0 saturated carbocycles. The number of carbonyl (C=O) groups excluding carboxylic acids is 2. The van der Waals surface area contributed by atoms with Crippen LogP contribution in [0.5, 0.6) is 0 Å². The van der Waals surface area contributed by atoms with Crippen LogP contribution in [0.2, 0.25) is 0 Å². The van der Waals surface area contributed by atoms with E-state index in [0.29, 0.717) is 30.8 Å². The summed E-state index contributed by atoms with van der Waals surface area (Å²) in [6.45, 7) is 11.6. The van der Waals surface area contributed by atoms with E-state index in [1.807, 2.05) is 30.7 Å². The maximum atomic E-state index is 13.4. The van der Waals surface area contributed by atoms with Gasteiger partial charge in [-0.1, -0.05) is 55.3 Å². The lowest BCUT2D eigenvalue weighted by molar-refractivity contribution is -0.124. The first kappa shape index (κ1) is 25.3. The number of nitrogens with one attached hydrogen (secondary N) is 1. The van der Waals surface area contributed by atoms with Crippen molar-refractivity contribution in [2.75, 3.05) is 13.1 Å². The maximum absolute atomic E-state index is 13.4. The second-order valence-corrected chi connectivity index (χ2v) is 9.97. The van der Waals surface area contributed by atoms with E-state index in [-0.39, 0.29) is 11.8 Å². The summed E-state index contributed by atoms with van der Waals surface area (Å²) in [6, 6.07) is 5.88. The van der Waals surface area contributed by atoms with Crippen molar-refractivity contribution in [3.8, 4) is 0 Å². The smallest absolute Gasteiger partial charge is 0.255 e. The Hall–Kier alpha value is -2.34. The minimum absolute atomic E-state index is 0.0159. The molecule has 0 aliphatic carbocycles. The van der Waals surface area contributed by atoms with Gasteiger partial charge < -0.3 is 10.2 Å². The van der Waals surface area contributed by atoms with Crippen molar-refractivity contribution < 1.29 is 9.59 Å². The molecule has 2 unspecified atom stereocenters. The molecule has 1 aromatic carbocycles. The van der Waals surface area contributed by atoms with Gasteiger partial charge in [0.1, 0.15) is 6.04 Å². The highest BCUT2D eigenvalue weighted by atomic mass is 32.2. The van der Waals surface area contributed by atoms with Gasteiger partial charge in [-0.25, -0.2) is 0 Å². The van der Waals surface area contributed by atoms with Crippen LogP contribution in [0.15, 0.2) is 46.5 Å². The number of hydrogen-bond acceptors (Lipinski definition) is 4. The van der Waals surface area contributed by atoms with Gasteiger partial charge in [-0.15, -0.1) is 11.8 Å². The van der Waals surface area contributed by atoms with Crippen molar-refractivity contribution in [3.05, 3.63) is 58.2 Å². The molecular formula is C27H37N3O2S. The summed E-state index contributed by atoms with van der Waals surface area (Å²) in [5.41, 5.74) is 7.18. The van der Waals surface area contributed by atoms with Crippen molar-refractivity contribution in [1.82, 2.24) is 10.2 Å². The van der Waals surface area contributed by atoms with Gasteiger partial charge in [0.15, 0.2) is 0 Å². The molecule has 1 N–H and O–H groups in total. The summed E-state index contributed by atoms with van der Waals surface area (Å²) in [7, 11) is 0. The molecule has 2 aliphatic rings. The predicted octanol–water partition coefficient (Wildman–Crippen LogP) is 5.09. The molecule has 33 heavy (non-hydrogen) atoms. The van der Waals surface area contributed by atoms with Crippen molar-refractivity contribution in [2.24, 2.45) is 4.99 Å². The molecule has 2 heterocycles. The van der Waals surface area contributed by atoms with Crippen LogP contribution in [0.1, 0.15) is 68.4 Å². The summed E-state index contributed by atoms with van der Waals surface area (Å²) in [5, 5.41) is 3.49. The van der Waals surface area contributed by atoms with E-state index in [1.165, 1.54) is 11.1 Å². The van der Waals surface area contributed by atoms with Crippen LogP contribution < -0.4 is 5.32 Å². The number of benzene rings is 1. The van der Waals surface area contributed by atoms with E-state index in [1.54, 1.807) is 16.7 Å². The molecule has 0 radical (unpaired) electrons. The van der Waals surface area contributed by atoms with Gasteiger partial charge in [-0.3, -0.25) is 14.6 Å². The van der Waals surface area contributed by atoms with Gasteiger partial charge in [0, 0.05) is 18.7 Å². The number of likely N-dealkylation sites (tertiary alicyclic amines) is 1. The van der Waals surface area contributed by atoms with Crippen molar-refractivity contribution in [1.29, 1.82) is 0 Å². The molecule has 1 fully saturated rings. The highest BCUT2D eigenvalue weighted by molar-refractivity contribution is 8.13. The van der Waals surface area contributed by atoms with Gasteiger partial charge in [0.05, 0.1) is 16.8 Å². The first-order chi connectivity index (χ1) is 15.9. The van der Waals surface area contributed by atoms with Gasteiger partial charge in [0.2, 0.25) is 5.91 Å². The van der Waals surface area contributed by atoms with Crippen LogP contribution in [0.25, 0.3) is 0 Å². The van der Waals surface area contributed by atoms with Gasteiger partial charge in [-0.2, -0.15) is 0 Å². The minimum atomic E-state index is -0.398. The normalized spacial score (nSPS) is 23.3. The minimum Gasteiger partial charge on any atom is -0.351 e. The third-order valence-corrected chi connectivity index (χ3v) is 7.99. The molecule has 6 heteroatoms. The molecule has 2 aliphatic heterocycles. The van der Waals surface area contributed by atoms with E-state index < -0.39 is 6.04 Å². The largest absolute Gasteiger partial charge is 0.351 e. The Kier molecular flexibility index (Phi) is 8.95. The number of nitrogens with zero attached hydrogens (tertiary/aromatic N) is 2. The number of carbonyl (C=O) groups is 2. The molecule has 1 saturated heterocycles. The maximum Gasteiger partial charge on any atom is 0.255 e. The molecule has 2 amide bonds. The first-order valence-corrected chi connectivity index (χ1v) is 13.0. The van der Waals surface area contributed by atoms with Gasteiger partial charge >= 0.3 is 0 Å². The topological polar surface area (TPSA) is 61.8 Å². The molecule has 3 rings (SSSR count). The fraction of sp³-hybridized carbons (Fsp3) is 0.519. The summed E-state index contributed by atoms with van der Waals surface area (Å²) >= 11 is 1.76. The molecular weight excluding hydrogens is 430 g/mol. The number of amides is 2. The Morgan fingerprint density at radius 1 is 1.27 bits per heavy atom. The lowest BCUT2D eigenvalue weighted by Gasteiger charge is -2.26. The Morgan fingerprint density at radius 3 is 2.73 bits per heavy atom. The second-order valence-electron chi connectivity index (χ2n) is 8.98. The molecule has 1 aromatic rings. The highest BCUT2D eigenvalue weighted by Gasteiger charge is 2.35. The Bertz CT molecular complexity index is 966. The van der Waals surface area contributed by atoms with Crippen LogP contribution >= 0.6 is 11.8 Å². The fourth-order valence-corrected chi connectivity index (χ4v) is 5.58. The monoisotopic (exact) mass is 467 g/mol. The summed E-state index contributed by atoms with van der Waals surface area (Å²) in [4.78, 5) is 32.7. The quantitative estimate of drug-likeness (QED) is 0.542. The van der Waals surface area contributed by atoms with Gasteiger partial charge in [0.25, 0.3) is 5.91 Å². The van der Waals surface area contributed by atoms with Crippen LogP contribution in [0.4, 0.5) is 0 Å². The second kappa shape index (κ2) is 11.7. The zero-order valence-electron chi connectivity index (χ0n) is 20.6. The van der Waals surface area contributed by atoms with E-state index in [4.69, 9.17) is 0 Å². The lowest BCUT2D eigenvalue weighted by atomic mass is 9.98. The molecule has 0 aromatic heterocycles. The average molecular weight is 468 g/mol. The summed E-state index contributed by atoms with van der Waals surface area (Å²) in [6.07, 6.45) is 7.52. The molecule has 0 bridgehead atoms. The van der Waals surface area contributed by atoms with E-state index >= 15 is 0 Å². The third kappa shape index (κ3) is 5.97. The van der Waals surface area contributed by atoms with Crippen molar-refractivity contribution in [3.63, 3.8) is 0 Å². The Morgan fingerprint density at radius 2 is 2.06 bits per heavy atom. The highest BCUT2D eigenvalue weighted by Crippen LogP contribution is 2.28. The number of allylic oxidation sites excluding steroid dienone is 2. The van der Waals surface area contributed by atoms with Crippen LogP contribution in [0, 0.1) is 6.92 Å². The number of aliphatic imine (C=N–C) groups is 1. The van der Waals surface area contributed by atoms with Crippen LogP contribution in [-0.2, 0) is 11.2 Å². The SMILES string of the molecule is CC/C(=C\C=C(/C)C1SC=NC1C)CNC(=O)[C@@H]1CCCN1C(=O)c1c(C)cccc1CC. The number of thioether (sulfide) groups is 1. The van der Waals surface area contributed by atoms with E-state index in [0.717, 1.165) is 36.0 Å². The Labute approximate surface area is 202 Å². The van der Waals surface area contributed by atoms with E-state index in [2.05, 4.69) is 50.2 Å². The predicted molar refractivity (Wildman–Crippen MR) is 139 cm³/mol. The van der Waals surface area contributed by atoms with E-state index in [9.17, 15) is 9.59 Å². The summed E-state index contributed by atoms with van der Waals surface area (Å²) in [5.74, 6) is -0.0706. The van der Waals surface area contributed by atoms with Crippen molar-refractivity contribution >= 4 is 29.1 Å². The molecule has 0 spiro atoms. The number of rotatable bonds is 8. The first-order valence-electron chi connectivity index (χ1n) is 12.1. The van der Waals surface area contributed by atoms with Crippen LogP contribution in [0.3, 0.4) is 0 Å². The van der Waals surface area contributed by atoms with Crippen LogP contribution in [-0.4, -0.2) is 52.7 Å². The lowest BCUT2D eigenvalue weighted by Crippen LogP contribution is -2.46. The third-order valence-electron chi connectivity index (χ3n) is 6.69. The number of aryl methyl sites for hydroxylation is 2. The zero-order valence-corrected chi connectivity index (χ0v) is 21.4. The molecule has 178 valence electrons. The van der Waals surface area contributed by atoms with Gasteiger partial charge in [-0.05, 0) is 57.6 Å². The standard InChI is InChI=1S/C27H37N3O2S/c1-6-21(14-13-19(4)25-20(5)29-17-33-25)16-28-26(31)23-12-9-15-30(23)27(32)24-18(3)10-8-11-22(24)7-2/h8,10-11,13-14,17,20,23,25H,6-7,9,12,15-16H2,1-5H3,(H,28,31)/b19-13+,21-14+/t20?,23-,25?/m0/s1. The zero-order chi connectivity index (χ0) is 24.0. The average Bonchev–Trinajstić information content (AvgIpc) is 3.47. The number of hydrogen-bond donors (Lipinski definition) is 1. The molecule has 5 nitrogen and oxygen atoms in total. The fourth-order valence-electron chi connectivity index (χ4n) is 4.60.